The van der Waals surface area contributed by atoms with Gasteiger partial charge in [-0.3, -0.25) is 9.36 Å². The molecule has 3 rings (SSSR count). The molecule has 0 bridgehead atoms. The molecule has 1 aliphatic rings. The number of ether oxygens (including phenoxy) is 2. The number of nitrogens with zero attached hydrogens (tertiary/aromatic N) is 5. The lowest BCUT2D eigenvalue weighted by Gasteiger charge is -2.37. The maximum absolute atomic E-state index is 12.1. The molecule has 39 heavy (non-hydrogen) atoms. The summed E-state index contributed by atoms with van der Waals surface area (Å²) >= 11 is 1.32. The lowest BCUT2D eigenvalue weighted by atomic mass is 10.00. The van der Waals surface area contributed by atoms with Crippen LogP contribution in [0.25, 0.3) is 11.2 Å². The second-order valence-corrected chi connectivity index (χ2v) is 13.8. The molecule has 0 spiro atoms. The number of thioether (sulfide) groups is 1. The third kappa shape index (κ3) is 8.64. The van der Waals surface area contributed by atoms with Crippen LogP contribution in [0.15, 0.2) is 12.7 Å². The van der Waals surface area contributed by atoms with Gasteiger partial charge in [0.15, 0.2) is 10.8 Å². The van der Waals surface area contributed by atoms with E-state index in [1.807, 2.05) is 32.3 Å². The minimum atomic E-state index is -1.35. The number of hydrogen-bond donors (Lipinski definition) is 0. The standard InChI is InChI=1S/C27H46N5O5PS/c1-10-21-22(15-23(36-21)31-17-30-24-20(6)28-16-29-25(24)31)37-38(32(18(2)3)19(4)5)35-12-11-34-13-14-39-26(33)27(7,8)9/h16-19,21-23H,10-15H2,1-9H3/t21-,22?,23-,38?/m1/s1. The second-order valence-electron chi connectivity index (χ2n) is 11.3. The predicted molar refractivity (Wildman–Crippen MR) is 156 cm³/mol. The fraction of sp³-hybridized carbons (Fsp3) is 0.778. The average molecular weight is 584 g/mol. The van der Waals surface area contributed by atoms with Gasteiger partial charge in [-0.05, 0) is 41.0 Å². The smallest absolute Gasteiger partial charge is 0.259 e. The van der Waals surface area contributed by atoms with Gasteiger partial charge in [0.05, 0.1) is 44.0 Å². The first kappa shape index (κ1) is 32.3. The summed E-state index contributed by atoms with van der Waals surface area (Å²) in [6, 6.07) is 0.486. The van der Waals surface area contributed by atoms with E-state index >= 15 is 0 Å². The first-order valence-corrected chi connectivity index (χ1v) is 16.0. The van der Waals surface area contributed by atoms with Gasteiger partial charge >= 0.3 is 0 Å². The summed E-state index contributed by atoms with van der Waals surface area (Å²) in [5.41, 5.74) is 2.07. The summed E-state index contributed by atoms with van der Waals surface area (Å²) < 4.78 is 29.6. The van der Waals surface area contributed by atoms with Crippen LogP contribution in [0.3, 0.4) is 0 Å². The van der Waals surface area contributed by atoms with Crippen molar-refractivity contribution in [2.75, 3.05) is 25.6 Å². The Hall–Kier alpha value is -1.20. The molecule has 0 aliphatic carbocycles. The van der Waals surface area contributed by atoms with Crippen LogP contribution in [-0.4, -0.2) is 79.2 Å². The fourth-order valence-corrected chi connectivity index (χ4v) is 7.01. The Labute approximate surface area is 238 Å². The Bertz CT molecular complexity index is 1050. The number of imidazole rings is 1. The van der Waals surface area contributed by atoms with E-state index < -0.39 is 8.53 Å². The molecule has 12 heteroatoms. The van der Waals surface area contributed by atoms with Crippen molar-refractivity contribution in [2.45, 2.75) is 106 Å². The number of aromatic nitrogens is 4. The maximum Gasteiger partial charge on any atom is 0.259 e. The minimum absolute atomic E-state index is 0.0706. The zero-order valence-corrected chi connectivity index (χ0v) is 26.6. The predicted octanol–water partition coefficient (Wildman–Crippen LogP) is 5.90. The lowest BCUT2D eigenvalue weighted by Crippen LogP contribution is -2.36. The maximum atomic E-state index is 12.1. The summed E-state index contributed by atoms with van der Waals surface area (Å²) in [6.07, 6.45) is 4.42. The Morgan fingerprint density at radius 3 is 2.54 bits per heavy atom. The molecule has 1 fully saturated rings. The summed E-state index contributed by atoms with van der Waals surface area (Å²) in [6.45, 7) is 19.8. The second kappa shape index (κ2) is 14.6. The fourth-order valence-electron chi connectivity index (χ4n) is 4.45. The Kier molecular flexibility index (Phi) is 12.1. The highest BCUT2D eigenvalue weighted by Crippen LogP contribution is 2.50. The molecule has 0 amide bonds. The van der Waals surface area contributed by atoms with Crippen molar-refractivity contribution in [3.8, 4) is 0 Å². The van der Waals surface area contributed by atoms with Crippen LogP contribution in [-0.2, 0) is 23.3 Å². The molecule has 220 valence electrons. The van der Waals surface area contributed by atoms with E-state index in [2.05, 4.69) is 54.2 Å². The SMILES string of the molecule is CC[C@H]1O[C@@H](n2cnc3c(C)ncnc32)CC1OP(OCCOCCSC(=O)C(C)(C)C)N(C(C)C)C(C)C. The molecule has 0 radical (unpaired) electrons. The van der Waals surface area contributed by atoms with Crippen LogP contribution < -0.4 is 0 Å². The monoisotopic (exact) mass is 583 g/mol. The molecule has 10 nitrogen and oxygen atoms in total. The highest BCUT2D eigenvalue weighted by molar-refractivity contribution is 8.13. The van der Waals surface area contributed by atoms with Crippen LogP contribution >= 0.6 is 20.3 Å². The zero-order valence-electron chi connectivity index (χ0n) is 24.9. The summed E-state index contributed by atoms with van der Waals surface area (Å²) in [4.78, 5) is 25.3. The molecular formula is C27H46N5O5PS. The molecule has 2 unspecified atom stereocenters. The highest BCUT2D eigenvalue weighted by atomic mass is 32.2. The van der Waals surface area contributed by atoms with E-state index in [-0.39, 0.29) is 41.0 Å². The van der Waals surface area contributed by atoms with Crippen molar-refractivity contribution in [1.82, 2.24) is 24.2 Å². The Morgan fingerprint density at radius 2 is 1.90 bits per heavy atom. The van der Waals surface area contributed by atoms with Crippen molar-refractivity contribution < 1.29 is 23.3 Å². The van der Waals surface area contributed by atoms with E-state index in [0.29, 0.717) is 32.0 Å². The molecule has 4 atom stereocenters. The number of aryl methyl sites for hydroxylation is 1. The summed E-state index contributed by atoms with van der Waals surface area (Å²) in [5, 5.41) is 0.178. The first-order chi connectivity index (χ1) is 18.4. The van der Waals surface area contributed by atoms with Gasteiger partial charge in [0, 0.05) is 29.7 Å². The van der Waals surface area contributed by atoms with Crippen molar-refractivity contribution >= 4 is 36.6 Å². The van der Waals surface area contributed by atoms with Crippen molar-refractivity contribution in [3.63, 3.8) is 0 Å². The number of hydrogen-bond acceptors (Lipinski definition) is 10. The summed E-state index contributed by atoms with van der Waals surface area (Å²) in [5.74, 6) is 0.637. The van der Waals surface area contributed by atoms with E-state index in [1.165, 1.54) is 11.8 Å². The van der Waals surface area contributed by atoms with Crippen LogP contribution in [0.1, 0.15) is 80.2 Å². The van der Waals surface area contributed by atoms with Crippen molar-refractivity contribution in [2.24, 2.45) is 5.41 Å². The van der Waals surface area contributed by atoms with Gasteiger partial charge in [-0.1, -0.05) is 39.5 Å². The molecule has 1 aliphatic heterocycles. The number of carbonyl (C=O) groups excluding carboxylic acids is 1. The Morgan fingerprint density at radius 1 is 1.18 bits per heavy atom. The first-order valence-electron chi connectivity index (χ1n) is 13.9. The van der Waals surface area contributed by atoms with Crippen molar-refractivity contribution in [1.29, 1.82) is 0 Å². The highest BCUT2D eigenvalue weighted by Gasteiger charge is 2.40. The summed E-state index contributed by atoms with van der Waals surface area (Å²) in [7, 11) is -1.35. The molecule has 0 saturated carbocycles. The molecule has 0 aromatic carbocycles. The molecule has 2 aromatic rings. The van der Waals surface area contributed by atoms with Gasteiger partial charge < -0.3 is 18.5 Å². The molecule has 2 aromatic heterocycles. The Balaban J connectivity index is 1.61. The third-order valence-electron chi connectivity index (χ3n) is 6.41. The third-order valence-corrected chi connectivity index (χ3v) is 9.81. The number of rotatable bonds is 14. The van der Waals surface area contributed by atoms with E-state index in [0.717, 1.165) is 23.3 Å². The van der Waals surface area contributed by atoms with Crippen LogP contribution in [0.2, 0.25) is 0 Å². The lowest BCUT2D eigenvalue weighted by molar-refractivity contribution is -0.117. The number of carbonyl (C=O) groups is 1. The minimum Gasteiger partial charge on any atom is -0.378 e. The normalized spacial score (nSPS) is 21.1. The number of fused-ring (bicyclic) bond motifs is 1. The van der Waals surface area contributed by atoms with Gasteiger partial charge in [-0.25, -0.2) is 19.6 Å². The van der Waals surface area contributed by atoms with E-state index in [1.54, 1.807) is 12.7 Å². The van der Waals surface area contributed by atoms with Gasteiger partial charge in [-0.2, -0.15) is 0 Å². The van der Waals surface area contributed by atoms with E-state index in [4.69, 9.17) is 18.5 Å². The molecule has 3 heterocycles. The van der Waals surface area contributed by atoms with Crippen LogP contribution in [0.4, 0.5) is 0 Å². The zero-order chi connectivity index (χ0) is 28.7. The van der Waals surface area contributed by atoms with Gasteiger partial charge in [-0.15, -0.1) is 0 Å². The quantitative estimate of drug-likeness (QED) is 0.197. The molecule has 1 saturated heterocycles. The van der Waals surface area contributed by atoms with Gasteiger partial charge in [0.2, 0.25) is 0 Å². The van der Waals surface area contributed by atoms with Gasteiger partial charge in [0.25, 0.3) is 8.53 Å². The van der Waals surface area contributed by atoms with Crippen molar-refractivity contribution in [3.05, 3.63) is 18.3 Å². The van der Waals surface area contributed by atoms with E-state index in [9.17, 15) is 4.79 Å². The van der Waals surface area contributed by atoms with Crippen LogP contribution in [0, 0.1) is 12.3 Å². The topological polar surface area (TPSA) is 101 Å². The molecular weight excluding hydrogens is 537 g/mol. The largest absolute Gasteiger partial charge is 0.378 e. The van der Waals surface area contributed by atoms with Crippen LogP contribution in [0.5, 0.6) is 0 Å². The average Bonchev–Trinajstić information content (AvgIpc) is 3.46. The molecule has 0 N–H and O–H groups in total. The van der Waals surface area contributed by atoms with Gasteiger partial charge in [0.1, 0.15) is 18.1 Å².